The minimum atomic E-state index is -0.894. The van der Waals surface area contributed by atoms with Gasteiger partial charge in [0.1, 0.15) is 0 Å². The quantitative estimate of drug-likeness (QED) is 0.838. The fourth-order valence-electron chi connectivity index (χ4n) is 1.62. The van der Waals surface area contributed by atoms with Crippen molar-refractivity contribution in [2.24, 2.45) is 5.92 Å². The number of aliphatic carboxylic acids is 1. The number of carboxylic acids is 1. The van der Waals surface area contributed by atoms with Gasteiger partial charge in [0.25, 0.3) is 5.91 Å². The Labute approximate surface area is 120 Å². The first-order valence-corrected chi connectivity index (χ1v) is 6.65. The van der Waals surface area contributed by atoms with Crippen LogP contribution >= 0.6 is 22.6 Å². The Kier molecular flexibility index (Phi) is 5.13. The molecule has 1 N–H and O–H groups in total. The molecule has 1 unspecified atom stereocenters. The van der Waals surface area contributed by atoms with E-state index in [0.29, 0.717) is 5.56 Å². The summed E-state index contributed by atoms with van der Waals surface area (Å²) in [4.78, 5) is 24.4. The van der Waals surface area contributed by atoms with Crippen LogP contribution < -0.4 is 0 Å². The molecule has 0 saturated heterocycles. The first-order chi connectivity index (χ1) is 8.34. The van der Waals surface area contributed by atoms with Gasteiger partial charge < -0.3 is 10.0 Å². The molecular formula is C13H16INO3. The lowest BCUT2D eigenvalue weighted by Gasteiger charge is -2.20. The highest BCUT2D eigenvalue weighted by atomic mass is 127. The molecule has 0 aliphatic heterocycles. The van der Waals surface area contributed by atoms with Crippen LogP contribution in [0.3, 0.4) is 0 Å². The molecular weight excluding hydrogens is 345 g/mol. The Morgan fingerprint density at radius 3 is 2.61 bits per heavy atom. The summed E-state index contributed by atoms with van der Waals surface area (Å²) in [5.74, 6) is -1.60. The largest absolute Gasteiger partial charge is 0.481 e. The van der Waals surface area contributed by atoms with Crippen molar-refractivity contribution in [3.8, 4) is 0 Å². The van der Waals surface area contributed by atoms with Gasteiger partial charge in [-0.3, -0.25) is 9.59 Å². The maximum absolute atomic E-state index is 12.2. The molecule has 0 fully saturated rings. The topological polar surface area (TPSA) is 57.6 Å². The third-order valence-electron chi connectivity index (χ3n) is 2.81. The second-order valence-corrected chi connectivity index (χ2v) is 5.50. The molecule has 1 aromatic rings. The third-order valence-corrected chi connectivity index (χ3v) is 3.98. The number of hydrogen-bond donors (Lipinski definition) is 1. The average molecular weight is 361 g/mol. The van der Waals surface area contributed by atoms with Crippen molar-refractivity contribution in [3.05, 3.63) is 32.9 Å². The number of benzene rings is 1. The fourth-order valence-corrected chi connectivity index (χ4v) is 2.11. The Hall–Kier alpha value is -1.11. The molecule has 0 aliphatic rings. The summed E-state index contributed by atoms with van der Waals surface area (Å²) in [5.41, 5.74) is 1.56. The number of rotatable bonds is 4. The molecule has 1 aromatic carbocycles. The van der Waals surface area contributed by atoms with Crippen LogP contribution in [-0.2, 0) is 4.79 Å². The van der Waals surface area contributed by atoms with Crippen molar-refractivity contribution in [3.63, 3.8) is 0 Å². The molecule has 0 radical (unpaired) electrons. The highest BCUT2D eigenvalue weighted by Gasteiger charge is 2.20. The zero-order valence-corrected chi connectivity index (χ0v) is 12.8. The predicted molar refractivity (Wildman–Crippen MR) is 77.7 cm³/mol. The first-order valence-electron chi connectivity index (χ1n) is 5.58. The number of amides is 1. The lowest BCUT2D eigenvalue weighted by molar-refractivity contribution is -0.141. The van der Waals surface area contributed by atoms with Crippen LogP contribution in [0, 0.1) is 16.4 Å². The number of hydrogen-bond acceptors (Lipinski definition) is 2. The molecule has 0 heterocycles. The first kappa shape index (κ1) is 14.9. The van der Waals surface area contributed by atoms with Gasteiger partial charge in [0.05, 0.1) is 5.92 Å². The van der Waals surface area contributed by atoms with E-state index in [2.05, 4.69) is 22.6 Å². The van der Waals surface area contributed by atoms with Crippen LogP contribution in [0.2, 0.25) is 0 Å². The predicted octanol–water partition coefficient (Wildman–Crippen LogP) is 2.39. The van der Waals surface area contributed by atoms with Crippen LogP contribution in [0.5, 0.6) is 0 Å². The Morgan fingerprint density at radius 1 is 1.44 bits per heavy atom. The summed E-state index contributed by atoms with van der Waals surface area (Å²) in [6, 6.07) is 5.53. The molecule has 0 saturated carbocycles. The van der Waals surface area contributed by atoms with Gasteiger partial charge in [-0.2, -0.15) is 0 Å². The number of carboxylic acid groups (broad SMARTS) is 1. The minimum absolute atomic E-state index is 0.140. The average Bonchev–Trinajstić information content (AvgIpc) is 2.31. The summed E-state index contributed by atoms with van der Waals surface area (Å²) >= 11 is 2.18. The molecule has 0 aliphatic carbocycles. The monoisotopic (exact) mass is 361 g/mol. The summed E-state index contributed by atoms with van der Waals surface area (Å²) in [7, 11) is 1.63. The van der Waals surface area contributed by atoms with E-state index in [1.807, 2.05) is 19.1 Å². The third kappa shape index (κ3) is 3.44. The second-order valence-electron chi connectivity index (χ2n) is 4.34. The van der Waals surface area contributed by atoms with Crippen molar-refractivity contribution in [1.82, 2.24) is 4.90 Å². The summed E-state index contributed by atoms with van der Waals surface area (Å²) in [6.45, 7) is 3.69. The van der Waals surface area contributed by atoms with Crippen LogP contribution in [0.15, 0.2) is 18.2 Å². The highest BCUT2D eigenvalue weighted by molar-refractivity contribution is 14.1. The van der Waals surface area contributed by atoms with Gasteiger partial charge in [-0.05, 0) is 47.2 Å². The standard InChI is InChI=1S/C13H16INO3/c1-8(13(17)18)7-15(3)12(16)10-5-4-6-11(14)9(10)2/h4-6,8H,7H2,1-3H3,(H,17,18). The van der Waals surface area contributed by atoms with E-state index in [1.165, 1.54) is 4.90 Å². The molecule has 0 bridgehead atoms. The van der Waals surface area contributed by atoms with Crippen LogP contribution in [0.1, 0.15) is 22.8 Å². The summed E-state index contributed by atoms with van der Waals surface area (Å²) < 4.78 is 1.03. The van der Waals surface area contributed by atoms with Crippen LogP contribution in [0.4, 0.5) is 0 Å². The molecule has 5 heteroatoms. The smallest absolute Gasteiger partial charge is 0.308 e. The second kappa shape index (κ2) is 6.17. The van der Waals surface area contributed by atoms with E-state index < -0.39 is 11.9 Å². The van der Waals surface area contributed by atoms with Gasteiger partial charge in [0, 0.05) is 22.7 Å². The van der Waals surface area contributed by atoms with Crippen LogP contribution in [-0.4, -0.2) is 35.5 Å². The molecule has 4 nitrogen and oxygen atoms in total. The van der Waals surface area contributed by atoms with Gasteiger partial charge in [0.15, 0.2) is 0 Å². The zero-order valence-electron chi connectivity index (χ0n) is 10.6. The van der Waals surface area contributed by atoms with Gasteiger partial charge in [-0.1, -0.05) is 13.0 Å². The van der Waals surface area contributed by atoms with Crippen molar-refractivity contribution in [2.45, 2.75) is 13.8 Å². The molecule has 18 heavy (non-hydrogen) atoms. The minimum Gasteiger partial charge on any atom is -0.481 e. The van der Waals surface area contributed by atoms with Crippen molar-refractivity contribution in [2.75, 3.05) is 13.6 Å². The molecule has 1 atom stereocenters. The number of carbonyl (C=O) groups is 2. The Bertz CT molecular complexity index is 473. The van der Waals surface area contributed by atoms with Crippen molar-refractivity contribution >= 4 is 34.5 Å². The van der Waals surface area contributed by atoms with Crippen molar-refractivity contribution < 1.29 is 14.7 Å². The van der Waals surface area contributed by atoms with E-state index in [4.69, 9.17) is 5.11 Å². The Morgan fingerprint density at radius 2 is 2.06 bits per heavy atom. The number of nitrogens with zero attached hydrogens (tertiary/aromatic N) is 1. The van der Waals surface area contributed by atoms with Gasteiger partial charge >= 0.3 is 5.97 Å². The number of carbonyl (C=O) groups excluding carboxylic acids is 1. The lowest BCUT2D eigenvalue weighted by Crippen LogP contribution is -2.34. The maximum Gasteiger partial charge on any atom is 0.308 e. The van der Waals surface area contributed by atoms with E-state index in [1.54, 1.807) is 20.0 Å². The zero-order chi connectivity index (χ0) is 13.9. The lowest BCUT2D eigenvalue weighted by atomic mass is 10.1. The molecule has 98 valence electrons. The molecule has 1 amide bonds. The van der Waals surface area contributed by atoms with E-state index >= 15 is 0 Å². The van der Waals surface area contributed by atoms with E-state index in [0.717, 1.165) is 9.13 Å². The van der Waals surface area contributed by atoms with Gasteiger partial charge in [-0.15, -0.1) is 0 Å². The highest BCUT2D eigenvalue weighted by Crippen LogP contribution is 2.17. The normalized spacial score (nSPS) is 12.0. The van der Waals surface area contributed by atoms with Crippen molar-refractivity contribution in [1.29, 1.82) is 0 Å². The van der Waals surface area contributed by atoms with Gasteiger partial charge in [0.2, 0.25) is 0 Å². The number of halogens is 1. The maximum atomic E-state index is 12.2. The molecule has 0 aromatic heterocycles. The van der Waals surface area contributed by atoms with E-state index in [9.17, 15) is 9.59 Å². The molecule has 0 spiro atoms. The van der Waals surface area contributed by atoms with E-state index in [-0.39, 0.29) is 12.5 Å². The molecule has 1 rings (SSSR count). The summed E-state index contributed by atoms with van der Waals surface area (Å²) in [5, 5.41) is 8.84. The van der Waals surface area contributed by atoms with Crippen LogP contribution in [0.25, 0.3) is 0 Å². The van der Waals surface area contributed by atoms with Gasteiger partial charge in [-0.25, -0.2) is 0 Å². The Balaban J connectivity index is 2.87. The SMILES string of the molecule is Cc1c(I)cccc1C(=O)N(C)CC(C)C(=O)O. The summed E-state index contributed by atoms with van der Waals surface area (Å²) in [6.07, 6.45) is 0. The fraction of sp³-hybridized carbons (Fsp3) is 0.385.